The molecule has 1 aromatic heterocycles. The average molecular weight is 337 g/mol. The second-order valence-electron chi connectivity index (χ2n) is 7.72. The lowest BCUT2D eigenvalue weighted by atomic mass is 9.85. The zero-order valence-corrected chi connectivity index (χ0v) is 16.8. The molecule has 1 unspecified atom stereocenters. The van der Waals surface area contributed by atoms with Crippen LogP contribution in [0.2, 0.25) is 0 Å². The fraction of sp³-hybridized carbons (Fsp3) is 0.789. The minimum Gasteiger partial charge on any atom is -0.426 e. The number of hydrogen-bond donors (Lipinski definition) is 1. The Kier molecular flexibility index (Phi) is 7.83. The Morgan fingerprint density at radius 1 is 1.22 bits per heavy atom. The lowest BCUT2D eigenvalue weighted by Gasteiger charge is -2.37. The third-order valence-electron chi connectivity index (χ3n) is 4.94. The smallest absolute Gasteiger partial charge is 0.341 e. The van der Waals surface area contributed by atoms with Gasteiger partial charge in [-0.25, -0.2) is 0 Å². The van der Waals surface area contributed by atoms with E-state index in [1.54, 1.807) is 25.2 Å². The highest BCUT2D eigenvalue weighted by Gasteiger charge is 2.35. The molecular formula is C19H34BO2S. The van der Waals surface area contributed by atoms with Gasteiger partial charge in [0.05, 0.1) is 11.2 Å². The van der Waals surface area contributed by atoms with Crippen LogP contribution in [0.15, 0.2) is 6.07 Å². The van der Waals surface area contributed by atoms with Gasteiger partial charge in [0.25, 0.3) is 0 Å². The summed E-state index contributed by atoms with van der Waals surface area (Å²) in [7, 11) is 1.81. The number of thiophene rings is 1. The Hall–Kier alpha value is -0.315. The first kappa shape index (κ1) is 20.7. The van der Waals surface area contributed by atoms with Crippen LogP contribution in [0.5, 0.6) is 0 Å². The molecule has 0 spiro atoms. The zero-order valence-electron chi connectivity index (χ0n) is 16.0. The van der Waals surface area contributed by atoms with Crippen LogP contribution in [0, 0.1) is 6.92 Å². The predicted molar refractivity (Wildman–Crippen MR) is 103 cm³/mol. The van der Waals surface area contributed by atoms with Gasteiger partial charge in [0.15, 0.2) is 0 Å². The largest absolute Gasteiger partial charge is 0.426 e. The summed E-state index contributed by atoms with van der Waals surface area (Å²) in [6.45, 7) is 14.2. The molecule has 1 N–H and O–H groups in total. The van der Waals surface area contributed by atoms with Gasteiger partial charge in [-0.05, 0) is 52.5 Å². The third-order valence-corrected chi connectivity index (χ3v) is 5.93. The molecule has 1 atom stereocenters. The first-order valence-electron chi connectivity index (χ1n) is 8.92. The van der Waals surface area contributed by atoms with E-state index in [4.69, 9.17) is 4.65 Å². The molecule has 131 valence electrons. The van der Waals surface area contributed by atoms with Crippen molar-refractivity contribution in [2.45, 2.75) is 97.7 Å². The molecule has 4 heteroatoms. The predicted octanol–water partition coefficient (Wildman–Crippen LogP) is 4.94. The van der Waals surface area contributed by atoms with E-state index in [-0.39, 0.29) is 0 Å². The average Bonchev–Trinajstić information content (AvgIpc) is 2.81. The molecule has 0 aliphatic rings. The van der Waals surface area contributed by atoms with E-state index >= 15 is 0 Å². The zero-order chi connectivity index (χ0) is 17.7. The topological polar surface area (TPSA) is 29.5 Å². The van der Waals surface area contributed by atoms with Crippen LogP contribution in [0.1, 0.15) is 90.0 Å². The quantitative estimate of drug-likeness (QED) is 0.484. The minimum absolute atomic E-state index is 0.604. The molecule has 0 aliphatic heterocycles. The van der Waals surface area contributed by atoms with Crippen molar-refractivity contribution in [2.24, 2.45) is 0 Å². The highest BCUT2D eigenvalue weighted by molar-refractivity contribution is 7.21. The summed E-state index contributed by atoms with van der Waals surface area (Å²) in [5, 5.41) is 10.2. The van der Waals surface area contributed by atoms with Crippen molar-refractivity contribution >= 4 is 23.6 Å². The summed E-state index contributed by atoms with van der Waals surface area (Å²) in [6.07, 6.45) is 6.54. The van der Waals surface area contributed by atoms with Crippen LogP contribution in [-0.2, 0) is 4.65 Å². The number of aryl methyl sites for hydroxylation is 1. The highest BCUT2D eigenvalue weighted by Crippen LogP contribution is 2.28. The maximum absolute atomic E-state index is 10.2. The fourth-order valence-corrected chi connectivity index (χ4v) is 3.46. The molecule has 0 aliphatic carbocycles. The van der Waals surface area contributed by atoms with Crippen LogP contribution in [-0.4, -0.2) is 23.8 Å². The molecule has 0 aromatic carbocycles. The van der Waals surface area contributed by atoms with Crippen LogP contribution < -0.4 is 4.78 Å². The molecular weight excluding hydrogens is 303 g/mol. The van der Waals surface area contributed by atoms with E-state index in [2.05, 4.69) is 26.8 Å². The Labute approximate surface area is 147 Å². The Morgan fingerprint density at radius 3 is 2.43 bits per heavy atom. The fourth-order valence-electron chi connectivity index (χ4n) is 2.45. The molecule has 0 amide bonds. The van der Waals surface area contributed by atoms with Crippen LogP contribution in [0.25, 0.3) is 0 Å². The summed E-state index contributed by atoms with van der Waals surface area (Å²) in [4.78, 5) is 1.38. The lowest BCUT2D eigenvalue weighted by molar-refractivity contribution is -0.0892. The van der Waals surface area contributed by atoms with Crippen molar-refractivity contribution in [3.8, 4) is 0 Å². The second-order valence-corrected chi connectivity index (χ2v) is 9.00. The summed E-state index contributed by atoms with van der Waals surface area (Å²) in [6, 6.07) is 2.25. The number of aliphatic hydroxyl groups is 1. The number of rotatable bonds is 10. The second kappa shape index (κ2) is 8.69. The molecule has 0 saturated carbocycles. The molecule has 1 heterocycles. The maximum atomic E-state index is 10.2. The molecule has 0 bridgehead atoms. The standard InChI is InChI=1S/C19H34BO2S/c1-8-9-10-11-12-14(2)16-13-17(23-15(16)3)20-22-19(6,7)18(4,5)21/h13-14,21H,8-12H2,1-7H3. The SMILES string of the molecule is CCCCCCC(C)c1cc([B]OC(C)(C)C(C)(C)O)sc1C. The summed E-state index contributed by atoms with van der Waals surface area (Å²) >= 11 is 1.78. The third kappa shape index (κ3) is 6.24. The van der Waals surface area contributed by atoms with E-state index in [1.807, 2.05) is 21.3 Å². The number of unbranched alkanes of at least 4 members (excludes halogenated alkanes) is 3. The first-order chi connectivity index (χ1) is 10.6. The molecule has 1 radical (unpaired) electrons. The van der Waals surface area contributed by atoms with E-state index in [0.717, 1.165) is 4.78 Å². The lowest BCUT2D eigenvalue weighted by Crippen LogP contribution is -2.49. The van der Waals surface area contributed by atoms with Crippen molar-refractivity contribution in [1.29, 1.82) is 0 Å². The summed E-state index contributed by atoms with van der Waals surface area (Å²) in [5.74, 6) is 0.604. The Bertz CT molecular complexity index is 474. The van der Waals surface area contributed by atoms with E-state index < -0.39 is 11.2 Å². The van der Waals surface area contributed by atoms with E-state index in [1.165, 1.54) is 42.5 Å². The van der Waals surface area contributed by atoms with Gasteiger partial charge in [0.1, 0.15) is 0 Å². The van der Waals surface area contributed by atoms with Crippen LogP contribution in [0.4, 0.5) is 0 Å². The van der Waals surface area contributed by atoms with Crippen molar-refractivity contribution in [2.75, 3.05) is 0 Å². The van der Waals surface area contributed by atoms with Gasteiger partial charge in [-0.3, -0.25) is 0 Å². The Morgan fingerprint density at radius 2 is 1.87 bits per heavy atom. The van der Waals surface area contributed by atoms with Crippen molar-refractivity contribution in [3.63, 3.8) is 0 Å². The van der Waals surface area contributed by atoms with E-state index in [9.17, 15) is 5.11 Å². The molecule has 2 nitrogen and oxygen atoms in total. The molecule has 0 saturated heterocycles. The van der Waals surface area contributed by atoms with Crippen LogP contribution in [0.3, 0.4) is 0 Å². The first-order valence-corrected chi connectivity index (χ1v) is 9.74. The Balaban J connectivity index is 2.61. The molecule has 0 fully saturated rings. The van der Waals surface area contributed by atoms with Crippen molar-refractivity contribution in [3.05, 3.63) is 16.5 Å². The minimum atomic E-state index is -0.884. The van der Waals surface area contributed by atoms with Gasteiger partial charge < -0.3 is 9.76 Å². The molecule has 23 heavy (non-hydrogen) atoms. The van der Waals surface area contributed by atoms with Crippen molar-refractivity contribution < 1.29 is 9.76 Å². The van der Waals surface area contributed by atoms with Gasteiger partial charge in [-0.15, -0.1) is 0 Å². The van der Waals surface area contributed by atoms with Gasteiger partial charge in [-0.2, -0.15) is 11.3 Å². The monoisotopic (exact) mass is 337 g/mol. The maximum Gasteiger partial charge on any atom is 0.341 e. The summed E-state index contributed by atoms with van der Waals surface area (Å²) < 4.78 is 7.01. The van der Waals surface area contributed by atoms with Crippen LogP contribution >= 0.6 is 11.3 Å². The van der Waals surface area contributed by atoms with Gasteiger partial charge in [0, 0.05) is 9.65 Å². The molecule has 1 rings (SSSR count). The van der Waals surface area contributed by atoms with E-state index in [0.29, 0.717) is 5.92 Å². The van der Waals surface area contributed by atoms with Gasteiger partial charge >= 0.3 is 7.48 Å². The number of hydrogen-bond acceptors (Lipinski definition) is 3. The summed E-state index contributed by atoms with van der Waals surface area (Å²) in [5.41, 5.74) is -0.0513. The highest BCUT2D eigenvalue weighted by atomic mass is 32.1. The normalized spacial score (nSPS) is 14.1. The molecule has 1 aromatic rings. The van der Waals surface area contributed by atoms with Crippen molar-refractivity contribution in [1.82, 2.24) is 0 Å². The van der Waals surface area contributed by atoms with Gasteiger partial charge in [0.2, 0.25) is 0 Å². The van der Waals surface area contributed by atoms with Gasteiger partial charge in [-0.1, -0.05) is 45.6 Å².